The highest BCUT2D eigenvalue weighted by molar-refractivity contribution is 7.89. The van der Waals surface area contributed by atoms with Crippen molar-refractivity contribution in [1.29, 1.82) is 0 Å². The summed E-state index contributed by atoms with van der Waals surface area (Å²) in [6, 6.07) is 11.2. The van der Waals surface area contributed by atoms with Crippen LogP contribution in [0.3, 0.4) is 0 Å². The number of sulfonamides is 1. The molecule has 0 saturated carbocycles. The van der Waals surface area contributed by atoms with Gasteiger partial charge in [0, 0.05) is 36.8 Å². The fraction of sp³-hybridized carbons (Fsp3) is 0.333. The van der Waals surface area contributed by atoms with Gasteiger partial charge in [-0.15, -0.1) is 0 Å². The smallest absolute Gasteiger partial charge is 0.335 e. The van der Waals surface area contributed by atoms with Gasteiger partial charge in [-0.1, -0.05) is 28.9 Å². The lowest BCUT2D eigenvalue weighted by molar-refractivity contribution is 0.0304. The number of alkyl halides is 2. The Morgan fingerprint density at radius 3 is 2.30 bits per heavy atom. The summed E-state index contributed by atoms with van der Waals surface area (Å²) < 4.78 is 67.1. The zero-order valence-corrected chi connectivity index (χ0v) is 19.2. The van der Waals surface area contributed by atoms with Crippen LogP contribution in [0.4, 0.5) is 14.8 Å². The minimum absolute atomic E-state index is 0.0863. The monoisotopic (exact) mass is 498 g/mol. The van der Waals surface area contributed by atoms with E-state index >= 15 is 0 Å². The van der Waals surface area contributed by atoms with Crippen molar-refractivity contribution in [2.24, 2.45) is 0 Å². The van der Waals surface area contributed by atoms with E-state index in [0.717, 1.165) is 0 Å². The summed E-state index contributed by atoms with van der Waals surface area (Å²) in [7, 11) is -3.70. The van der Waals surface area contributed by atoms with Gasteiger partial charge in [0.2, 0.25) is 15.8 Å². The molecule has 2 heterocycles. The molecule has 4 rings (SSSR count). The molecule has 1 aliphatic heterocycles. The van der Waals surface area contributed by atoms with Gasteiger partial charge in [0.25, 0.3) is 0 Å². The first kappa shape index (κ1) is 23.4. The van der Waals surface area contributed by atoms with Crippen LogP contribution in [0.5, 0.6) is 5.75 Å². The van der Waals surface area contributed by atoms with Gasteiger partial charge in [0.1, 0.15) is 5.75 Å². The summed E-state index contributed by atoms with van der Waals surface area (Å²) in [4.78, 5) is 5.60. The minimum Gasteiger partial charge on any atom is -0.494 e. The van der Waals surface area contributed by atoms with Crippen LogP contribution in [0.2, 0.25) is 5.02 Å². The standard InChI is InChI=1S/C21H21ClF2N4O4S/c1-2-31-17-7-9-18(10-8-17)33(29,30)28-13-11-27(12-14-28)20-25-19(26-32-20)21(23,24)15-3-5-16(22)6-4-15/h3-10H,2,11-14H2,1H3. The van der Waals surface area contributed by atoms with E-state index < -0.39 is 21.8 Å². The molecule has 0 aliphatic carbocycles. The fourth-order valence-electron chi connectivity index (χ4n) is 3.40. The first-order valence-electron chi connectivity index (χ1n) is 10.2. The van der Waals surface area contributed by atoms with Crippen LogP contribution < -0.4 is 9.64 Å². The molecule has 12 heteroatoms. The number of piperazine rings is 1. The average Bonchev–Trinajstić information content (AvgIpc) is 3.31. The van der Waals surface area contributed by atoms with Crippen molar-refractivity contribution in [2.75, 3.05) is 37.7 Å². The van der Waals surface area contributed by atoms with Gasteiger partial charge in [-0.25, -0.2) is 8.42 Å². The van der Waals surface area contributed by atoms with Gasteiger partial charge in [0.05, 0.1) is 11.5 Å². The van der Waals surface area contributed by atoms with Crippen molar-refractivity contribution in [3.8, 4) is 5.75 Å². The second-order valence-electron chi connectivity index (χ2n) is 7.28. The highest BCUT2D eigenvalue weighted by Crippen LogP contribution is 2.35. The Morgan fingerprint density at radius 1 is 1.06 bits per heavy atom. The minimum atomic E-state index is -3.70. The second kappa shape index (κ2) is 9.24. The first-order chi connectivity index (χ1) is 15.7. The molecule has 0 amide bonds. The molecule has 0 radical (unpaired) electrons. The Bertz CT molecular complexity index is 1200. The quantitative estimate of drug-likeness (QED) is 0.490. The lowest BCUT2D eigenvalue weighted by atomic mass is 10.1. The number of anilines is 1. The van der Waals surface area contributed by atoms with E-state index in [0.29, 0.717) is 17.4 Å². The molecule has 0 atom stereocenters. The predicted molar refractivity (Wildman–Crippen MR) is 117 cm³/mol. The molecule has 0 N–H and O–H groups in total. The van der Waals surface area contributed by atoms with Gasteiger partial charge in [-0.2, -0.15) is 18.1 Å². The average molecular weight is 499 g/mol. The Kier molecular flexibility index (Phi) is 6.55. The largest absolute Gasteiger partial charge is 0.494 e. The number of rotatable bonds is 7. The number of benzene rings is 2. The van der Waals surface area contributed by atoms with Crippen molar-refractivity contribution in [1.82, 2.24) is 14.4 Å². The molecule has 0 bridgehead atoms. The predicted octanol–water partition coefficient (Wildman–Crippen LogP) is 3.77. The van der Waals surface area contributed by atoms with Gasteiger partial charge in [-0.3, -0.25) is 0 Å². The first-order valence-corrected chi connectivity index (χ1v) is 12.0. The van der Waals surface area contributed by atoms with Crippen LogP contribution in [-0.2, 0) is 15.9 Å². The number of ether oxygens (including phenoxy) is 1. The lowest BCUT2D eigenvalue weighted by Crippen LogP contribution is -2.48. The molecule has 0 spiro atoms. The molecule has 1 fully saturated rings. The summed E-state index contributed by atoms with van der Waals surface area (Å²) >= 11 is 5.76. The molecule has 1 aliphatic rings. The van der Waals surface area contributed by atoms with E-state index in [2.05, 4.69) is 10.1 Å². The van der Waals surface area contributed by atoms with E-state index in [9.17, 15) is 17.2 Å². The van der Waals surface area contributed by atoms with E-state index in [1.165, 1.54) is 40.7 Å². The van der Waals surface area contributed by atoms with E-state index in [-0.39, 0.29) is 42.7 Å². The number of aromatic nitrogens is 2. The Hall–Kier alpha value is -2.76. The van der Waals surface area contributed by atoms with Crippen LogP contribution >= 0.6 is 11.6 Å². The molecule has 0 unspecified atom stereocenters. The Morgan fingerprint density at radius 2 is 1.70 bits per heavy atom. The topological polar surface area (TPSA) is 88.8 Å². The fourth-order valence-corrected chi connectivity index (χ4v) is 4.95. The molecular formula is C21H21ClF2N4O4S. The van der Waals surface area contributed by atoms with Gasteiger partial charge >= 0.3 is 11.9 Å². The third-order valence-electron chi connectivity index (χ3n) is 5.18. The second-order valence-corrected chi connectivity index (χ2v) is 9.65. The Balaban J connectivity index is 1.43. The number of hydrogen-bond donors (Lipinski definition) is 0. The summed E-state index contributed by atoms with van der Waals surface area (Å²) in [6.45, 7) is 3.03. The van der Waals surface area contributed by atoms with E-state index in [1.54, 1.807) is 17.0 Å². The molecule has 33 heavy (non-hydrogen) atoms. The zero-order chi connectivity index (χ0) is 23.6. The normalized spacial score (nSPS) is 15.6. The third kappa shape index (κ3) is 4.80. The zero-order valence-electron chi connectivity index (χ0n) is 17.6. The van der Waals surface area contributed by atoms with E-state index in [1.807, 2.05) is 6.92 Å². The third-order valence-corrected chi connectivity index (χ3v) is 7.35. The lowest BCUT2D eigenvalue weighted by Gasteiger charge is -2.32. The van der Waals surface area contributed by atoms with Crippen molar-refractivity contribution in [2.45, 2.75) is 17.7 Å². The molecule has 1 aromatic heterocycles. The van der Waals surface area contributed by atoms with Gasteiger partial charge in [-0.05, 0) is 43.3 Å². The molecule has 1 saturated heterocycles. The highest BCUT2D eigenvalue weighted by Gasteiger charge is 2.40. The SMILES string of the molecule is CCOc1ccc(S(=O)(=O)N2CCN(c3nc(C(F)(F)c4ccc(Cl)cc4)no3)CC2)cc1. The van der Waals surface area contributed by atoms with Crippen LogP contribution in [0, 0.1) is 0 Å². The van der Waals surface area contributed by atoms with E-state index in [4.69, 9.17) is 20.9 Å². The summed E-state index contributed by atoms with van der Waals surface area (Å²) in [6.07, 6.45) is 0. The van der Waals surface area contributed by atoms with Crippen LogP contribution in [-0.4, -0.2) is 55.6 Å². The van der Waals surface area contributed by atoms with Crippen molar-refractivity contribution < 1.29 is 26.5 Å². The van der Waals surface area contributed by atoms with Crippen LogP contribution in [0.15, 0.2) is 57.9 Å². The number of halogens is 3. The maximum atomic E-state index is 14.7. The van der Waals surface area contributed by atoms with Crippen LogP contribution in [0.25, 0.3) is 0 Å². The molecule has 176 valence electrons. The Labute approximate surface area is 194 Å². The maximum Gasteiger partial charge on any atom is 0.335 e. The van der Waals surface area contributed by atoms with Crippen molar-refractivity contribution in [3.05, 3.63) is 64.9 Å². The number of nitrogens with zero attached hydrogens (tertiary/aromatic N) is 4. The maximum absolute atomic E-state index is 14.7. The molecule has 3 aromatic rings. The molecule has 8 nitrogen and oxygen atoms in total. The molecule has 2 aromatic carbocycles. The summed E-state index contributed by atoms with van der Waals surface area (Å²) in [5.74, 6) is -3.65. The molecular weight excluding hydrogens is 478 g/mol. The highest BCUT2D eigenvalue weighted by atomic mass is 35.5. The van der Waals surface area contributed by atoms with Crippen molar-refractivity contribution >= 4 is 27.6 Å². The van der Waals surface area contributed by atoms with Gasteiger partial charge < -0.3 is 14.2 Å². The summed E-state index contributed by atoms with van der Waals surface area (Å²) in [5, 5.41) is 3.78. The van der Waals surface area contributed by atoms with Crippen molar-refractivity contribution in [3.63, 3.8) is 0 Å². The van der Waals surface area contributed by atoms with Crippen LogP contribution in [0.1, 0.15) is 18.3 Å². The summed E-state index contributed by atoms with van der Waals surface area (Å²) in [5.41, 5.74) is -0.314. The number of hydrogen-bond acceptors (Lipinski definition) is 7. The van der Waals surface area contributed by atoms with Gasteiger partial charge in [0.15, 0.2) is 0 Å².